The van der Waals surface area contributed by atoms with Crippen molar-refractivity contribution in [1.29, 1.82) is 0 Å². The molecule has 0 amide bonds. The zero-order valence-corrected chi connectivity index (χ0v) is 17.9. The van der Waals surface area contributed by atoms with Crippen molar-refractivity contribution < 1.29 is 44.3 Å². The molecule has 1 atom stereocenters. The van der Waals surface area contributed by atoms with Crippen molar-refractivity contribution in [2.75, 3.05) is 0 Å². The molecule has 0 spiro atoms. The molecule has 0 aliphatic heterocycles. The van der Waals surface area contributed by atoms with Crippen LogP contribution in [-0.2, 0) is 20.2 Å². The van der Waals surface area contributed by atoms with E-state index in [1.165, 1.54) is 6.92 Å². The predicted molar refractivity (Wildman–Crippen MR) is 103 cm³/mol. The minimum atomic E-state index is -6.06. The number of alkyl halides is 6. The van der Waals surface area contributed by atoms with Gasteiger partial charge in [-0.1, -0.05) is 44.5 Å². The number of rotatable bonds is 7. The first kappa shape index (κ1) is 26.1. The normalized spacial score (nSPS) is 15.4. The fourth-order valence-electron chi connectivity index (χ4n) is 3.75. The second-order valence-electron chi connectivity index (χ2n) is 7.34. The van der Waals surface area contributed by atoms with Crippen molar-refractivity contribution in [1.82, 2.24) is 0 Å². The molecule has 0 aromatic heterocycles. The lowest BCUT2D eigenvalue weighted by Gasteiger charge is -2.35. The molecule has 0 saturated heterocycles. The molecular weight excluding hydrogens is 465 g/mol. The van der Waals surface area contributed by atoms with Gasteiger partial charge in [0.2, 0.25) is 0 Å². The molecule has 0 bridgehead atoms. The summed E-state index contributed by atoms with van der Waals surface area (Å²) in [7, 11) is -4.22. The Morgan fingerprint density at radius 2 is 1.22 bits per heavy atom. The topological polar surface area (TPSA) is 54.4 Å². The molecule has 0 aliphatic carbocycles. The summed E-state index contributed by atoms with van der Waals surface area (Å²) in [6.45, 7) is 3.19. The SMILES string of the molecule is CCCC(CC)(c1ccc(C(O)(C(F)(F)F)C(F)(F)F)cc1)S(=O)(=O)c1ccc(F)cc1. The minimum Gasteiger partial charge on any atom is -0.369 e. The molecule has 1 N–H and O–H groups in total. The van der Waals surface area contributed by atoms with Crippen LogP contribution in [0.5, 0.6) is 0 Å². The Kier molecular flexibility index (Phi) is 7.07. The number of hydrogen-bond acceptors (Lipinski definition) is 3. The van der Waals surface area contributed by atoms with E-state index in [0.717, 1.165) is 36.4 Å². The van der Waals surface area contributed by atoms with Gasteiger partial charge in [0.25, 0.3) is 5.60 Å². The quantitative estimate of drug-likeness (QED) is 0.385. The standard InChI is InChI=1S/C21H21F7O3S/c1-3-13-18(4-2,32(30,31)17-11-9-16(22)10-12-17)14-5-7-15(8-6-14)19(29,20(23,24)25)21(26,27)28/h5-12,29H,3-4,13H2,1-2H3. The summed E-state index contributed by atoms with van der Waals surface area (Å²) in [5.41, 5.74) is -6.64. The van der Waals surface area contributed by atoms with E-state index >= 15 is 0 Å². The summed E-state index contributed by atoms with van der Waals surface area (Å²) in [5.74, 6) is -0.676. The van der Waals surface area contributed by atoms with E-state index in [4.69, 9.17) is 0 Å². The molecule has 0 aliphatic rings. The minimum absolute atomic E-state index is 0.00532. The molecule has 32 heavy (non-hydrogen) atoms. The molecule has 2 aromatic rings. The van der Waals surface area contributed by atoms with E-state index < -0.39 is 43.9 Å². The average molecular weight is 486 g/mol. The second-order valence-corrected chi connectivity index (χ2v) is 9.60. The van der Waals surface area contributed by atoms with Gasteiger partial charge in [0.05, 0.1) is 4.90 Å². The highest BCUT2D eigenvalue weighted by Crippen LogP contribution is 2.51. The van der Waals surface area contributed by atoms with Gasteiger partial charge in [0.1, 0.15) is 10.6 Å². The highest BCUT2D eigenvalue weighted by molar-refractivity contribution is 7.92. The molecule has 2 aromatic carbocycles. The summed E-state index contributed by atoms with van der Waals surface area (Å²) < 4.78 is 117. The summed E-state index contributed by atoms with van der Waals surface area (Å²) in [6.07, 6.45) is -11.8. The first-order chi connectivity index (χ1) is 14.6. The van der Waals surface area contributed by atoms with Crippen LogP contribution in [0.25, 0.3) is 0 Å². The molecule has 178 valence electrons. The molecule has 2 rings (SSSR count). The first-order valence-corrected chi connectivity index (χ1v) is 11.0. The molecule has 1 unspecified atom stereocenters. The van der Waals surface area contributed by atoms with Crippen LogP contribution in [0.1, 0.15) is 44.2 Å². The van der Waals surface area contributed by atoms with Crippen LogP contribution in [0, 0.1) is 5.82 Å². The van der Waals surface area contributed by atoms with Gasteiger partial charge in [-0.25, -0.2) is 12.8 Å². The number of benzene rings is 2. The maximum Gasteiger partial charge on any atom is 0.430 e. The van der Waals surface area contributed by atoms with Crippen LogP contribution in [-0.4, -0.2) is 25.9 Å². The van der Waals surface area contributed by atoms with E-state index in [1.807, 2.05) is 0 Å². The van der Waals surface area contributed by atoms with Gasteiger partial charge in [-0.05, 0) is 42.7 Å². The number of hydrogen-bond donors (Lipinski definition) is 1. The Morgan fingerprint density at radius 3 is 1.59 bits per heavy atom. The molecule has 11 heteroatoms. The third-order valence-corrected chi connectivity index (χ3v) is 8.16. The summed E-state index contributed by atoms with van der Waals surface area (Å²) >= 11 is 0. The van der Waals surface area contributed by atoms with Gasteiger partial charge in [0, 0.05) is 5.56 Å². The van der Waals surface area contributed by atoms with E-state index in [1.54, 1.807) is 6.92 Å². The lowest BCUT2D eigenvalue weighted by Crippen LogP contribution is -2.53. The van der Waals surface area contributed by atoms with Crippen LogP contribution >= 0.6 is 0 Å². The Morgan fingerprint density at radius 1 is 0.781 bits per heavy atom. The van der Waals surface area contributed by atoms with Crippen LogP contribution in [0.15, 0.2) is 53.4 Å². The molecular formula is C21H21F7O3S. The summed E-state index contributed by atoms with van der Waals surface area (Å²) in [5, 5.41) is 9.57. The summed E-state index contributed by atoms with van der Waals surface area (Å²) in [4.78, 5) is -0.236. The molecule has 0 saturated carbocycles. The number of sulfone groups is 1. The summed E-state index contributed by atoms with van der Waals surface area (Å²) in [6, 6.07) is 6.52. The largest absolute Gasteiger partial charge is 0.430 e. The van der Waals surface area contributed by atoms with Gasteiger partial charge < -0.3 is 5.11 Å². The lowest BCUT2D eigenvalue weighted by atomic mass is 9.86. The van der Waals surface area contributed by atoms with Crippen LogP contribution < -0.4 is 0 Å². The number of halogens is 7. The second kappa shape index (κ2) is 8.66. The zero-order valence-electron chi connectivity index (χ0n) is 17.1. The average Bonchev–Trinajstić information content (AvgIpc) is 2.70. The van der Waals surface area contributed by atoms with Crippen molar-refractivity contribution in [2.45, 2.75) is 60.7 Å². The van der Waals surface area contributed by atoms with Crippen molar-refractivity contribution in [3.8, 4) is 0 Å². The maximum atomic E-state index is 13.5. The maximum absolute atomic E-state index is 13.5. The molecule has 0 heterocycles. The highest BCUT2D eigenvalue weighted by Gasteiger charge is 2.71. The van der Waals surface area contributed by atoms with Gasteiger partial charge >= 0.3 is 12.4 Å². The van der Waals surface area contributed by atoms with Crippen molar-refractivity contribution >= 4 is 9.84 Å². The lowest BCUT2D eigenvalue weighted by molar-refractivity contribution is -0.376. The monoisotopic (exact) mass is 486 g/mol. The van der Waals surface area contributed by atoms with Crippen LogP contribution in [0.2, 0.25) is 0 Å². The molecule has 0 radical (unpaired) electrons. The third kappa shape index (κ3) is 4.12. The zero-order chi connectivity index (χ0) is 24.6. The van der Waals surface area contributed by atoms with Crippen LogP contribution in [0.4, 0.5) is 30.7 Å². The third-order valence-electron chi connectivity index (χ3n) is 5.51. The van der Waals surface area contributed by atoms with Gasteiger partial charge in [0.15, 0.2) is 9.84 Å². The first-order valence-electron chi connectivity index (χ1n) is 9.55. The Hall–Kier alpha value is -2.14. The van der Waals surface area contributed by atoms with E-state index in [0.29, 0.717) is 18.6 Å². The predicted octanol–water partition coefficient (Wildman–Crippen LogP) is 6.02. The molecule has 3 nitrogen and oxygen atoms in total. The molecule has 0 fully saturated rings. The fraction of sp³-hybridized carbons (Fsp3) is 0.429. The van der Waals surface area contributed by atoms with Crippen molar-refractivity contribution in [2.24, 2.45) is 0 Å². The highest BCUT2D eigenvalue weighted by atomic mass is 32.2. The van der Waals surface area contributed by atoms with E-state index in [9.17, 15) is 44.3 Å². The smallest absolute Gasteiger partial charge is 0.369 e. The van der Waals surface area contributed by atoms with Crippen molar-refractivity contribution in [3.63, 3.8) is 0 Å². The van der Waals surface area contributed by atoms with E-state index in [2.05, 4.69) is 0 Å². The number of aliphatic hydroxyl groups is 1. The van der Waals surface area contributed by atoms with Gasteiger partial charge in [-0.2, -0.15) is 26.3 Å². The van der Waals surface area contributed by atoms with Crippen LogP contribution in [0.3, 0.4) is 0 Å². The Labute approximate surface area is 180 Å². The van der Waals surface area contributed by atoms with Gasteiger partial charge in [-0.3, -0.25) is 0 Å². The van der Waals surface area contributed by atoms with E-state index in [-0.39, 0.29) is 23.3 Å². The Bertz CT molecular complexity index is 1010. The Balaban J connectivity index is 2.70. The van der Waals surface area contributed by atoms with Gasteiger partial charge in [-0.15, -0.1) is 0 Å². The fourth-order valence-corrected chi connectivity index (χ4v) is 6.00. The van der Waals surface area contributed by atoms with Crippen molar-refractivity contribution in [3.05, 3.63) is 65.5 Å².